The standard InChI is InChI=1S/C24H23N2OS/c1-25-22-12-7-8-13-23(22)28-24(25)14-4-2-3-9-19-15-16-26(17-18-27)21-11-6-5-10-20(19)21/h2-16,27H,17-18H2,1H3/q+1. The van der Waals surface area contributed by atoms with Gasteiger partial charge in [-0.15, -0.1) is 0 Å². The number of aliphatic hydroxyl groups is 1. The molecular weight excluding hydrogens is 364 g/mol. The van der Waals surface area contributed by atoms with Gasteiger partial charge in [0.25, 0.3) is 0 Å². The summed E-state index contributed by atoms with van der Waals surface area (Å²) in [6.07, 6.45) is 12.5. The predicted octanol–water partition coefficient (Wildman–Crippen LogP) is 4.77. The van der Waals surface area contributed by atoms with Crippen LogP contribution in [-0.2, 0) is 6.54 Å². The Morgan fingerprint density at radius 2 is 1.82 bits per heavy atom. The highest BCUT2D eigenvalue weighted by molar-refractivity contribution is 8.03. The van der Waals surface area contributed by atoms with Crippen LogP contribution in [0.5, 0.6) is 0 Å². The fourth-order valence-corrected chi connectivity index (χ4v) is 4.45. The Morgan fingerprint density at radius 3 is 2.68 bits per heavy atom. The van der Waals surface area contributed by atoms with E-state index in [-0.39, 0.29) is 6.61 Å². The summed E-state index contributed by atoms with van der Waals surface area (Å²) in [4.78, 5) is 3.52. The molecule has 0 fully saturated rings. The Hall–Kier alpha value is -2.82. The molecule has 4 rings (SSSR count). The molecule has 2 heterocycles. The number of rotatable bonds is 5. The molecule has 0 radical (unpaired) electrons. The van der Waals surface area contributed by atoms with Gasteiger partial charge in [0.2, 0.25) is 5.52 Å². The molecule has 1 aliphatic rings. The molecule has 3 aromatic rings. The second-order valence-electron chi connectivity index (χ2n) is 6.58. The van der Waals surface area contributed by atoms with Gasteiger partial charge in [-0.3, -0.25) is 0 Å². The molecule has 28 heavy (non-hydrogen) atoms. The SMILES string of the molecule is CN1/C(=C/C=C/C=C/c2cc[n+](CCO)c3ccccc23)Sc2ccccc21. The molecule has 0 atom stereocenters. The van der Waals surface area contributed by atoms with Gasteiger partial charge in [0, 0.05) is 24.1 Å². The van der Waals surface area contributed by atoms with E-state index in [4.69, 9.17) is 0 Å². The van der Waals surface area contributed by atoms with Crippen molar-refractivity contribution in [3.8, 4) is 0 Å². The number of anilines is 1. The monoisotopic (exact) mass is 387 g/mol. The minimum absolute atomic E-state index is 0.136. The number of hydrogen-bond donors (Lipinski definition) is 1. The first-order chi connectivity index (χ1) is 13.8. The number of pyridine rings is 1. The number of para-hydroxylation sites is 2. The van der Waals surface area contributed by atoms with Crippen molar-refractivity contribution in [1.29, 1.82) is 0 Å². The van der Waals surface area contributed by atoms with E-state index in [0.717, 1.165) is 5.52 Å². The fraction of sp³-hybridized carbons (Fsp3) is 0.125. The maximum Gasteiger partial charge on any atom is 0.213 e. The molecule has 0 saturated heterocycles. The van der Waals surface area contributed by atoms with E-state index in [1.165, 1.54) is 26.6 Å². The molecule has 3 nitrogen and oxygen atoms in total. The Labute approximate surface area is 169 Å². The van der Waals surface area contributed by atoms with Gasteiger partial charge in [-0.1, -0.05) is 60.3 Å². The molecule has 2 aromatic carbocycles. The van der Waals surface area contributed by atoms with Gasteiger partial charge in [-0.2, -0.15) is 4.57 Å². The van der Waals surface area contributed by atoms with Gasteiger partial charge < -0.3 is 10.0 Å². The number of fused-ring (bicyclic) bond motifs is 2. The normalized spacial score (nSPS) is 15.4. The van der Waals surface area contributed by atoms with Gasteiger partial charge in [0.05, 0.1) is 16.1 Å². The Morgan fingerprint density at radius 1 is 1.00 bits per heavy atom. The largest absolute Gasteiger partial charge is 0.390 e. The van der Waals surface area contributed by atoms with Gasteiger partial charge in [0.1, 0.15) is 6.61 Å². The number of allylic oxidation sites excluding steroid dienone is 4. The van der Waals surface area contributed by atoms with Crippen LogP contribution in [0.4, 0.5) is 5.69 Å². The van der Waals surface area contributed by atoms with Crippen LogP contribution in [0, 0.1) is 0 Å². The smallest absolute Gasteiger partial charge is 0.213 e. The zero-order valence-corrected chi connectivity index (χ0v) is 16.6. The average molecular weight is 388 g/mol. The number of benzene rings is 2. The van der Waals surface area contributed by atoms with E-state index in [2.05, 4.69) is 89.4 Å². The summed E-state index contributed by atoms with van der Waals surface area (Å²) < 4.78 is 2.08. The van der Waals surface area contributed by atoms with Crippen LogP contribution in [0.15, 0.2) is 95.0 Å². The minimum Gasteiger partial charge on any atom is -0.390 e. The summed E-state index contributed by atoms with van der Waals surface area (Å²) in [5.41, 5.74) is 3.56. The number of nitrogens with zero attached hydrogens (tertiary/aromatic N) is 2. The van der Waals surface area contributed by atoms with E-state index in [1.807, 2.05) is 18.3 Å². The van der Waals surface area contributed by atoms with Crippen molar-refractivity contribution in [2.45, 2.75) is 11.4 Å². The quantitative estimate of drug-likeness (QED) is 0.505. The summed E-state index contributed by atoms with van der Waals surface area (Å²) in [5.74, 6) is 0. The van der Waals surface area contributed by atoms with Crippen LogP contribution in [0.1, 0.15) is 5.56 Å². The lowest BCUT2D eigenvalue weighted by Gasteiger charge is -2.12. The molecule has 0 unspecified atom stereocenters. The van der Waals surface area contributed by atoms with Crippen LogP contribution in [0.25, 0.3) is 17.0 Å². The van der Waals surface area contributed by atoms with Gasteiger partial charge in [0.15, 0.2) is 12.7 Å². The molecule has 1 N–H and O–H groups in total. The highest BCUT2D eigenvalue weighted by Gasteiger charge is 2.20. The lowest BCUT2D eigenvalue weighted by atomic mass is 10.1. The zero-order valence-electron chi connectivity index (χ0n) is 15.8. The molecular formula is C24H23N2OS+. The van der Waals surface area contributed by atoms with Crippen molar-refractivity contribution >= 4 is 34.4 Å². The zero-order chi connectivity index (χ0) is 19.3. The Kier molecular flexibility index (Phi) is 5.60. The van der Waals surface area contributed by atoms with E-state index >= 15 is 0 Å². The molecule has 1 aliphatic heterocycles. The first-order valence-corrected chi connectivity index (χ1v) is 10.2. The molecule has 0 spiro atoms. The lowest BCUT2D eigenvalue weighted by Crippen LogP contribution is -2.36. The van der Waals surface area contributed by atoms with Crippen LogP contribution in [0.3, 0.4) is 0 Å². The van der Waals surface area contributed by atoms with Crippen LogP contribution >= 0.6 is 11.8 Å². The molecule has 140 valence electrons. The Balaban J connectivity index is 1.51. The fourth-order valence-electron chi connectivity index (χ4n) is 3.38. The number of aliphatic hydroxyl groups excluding tert-OH is 1. The third-order valence-corrected chi connectivity index (χ3v) is 5.99. The van der Waals surface area contributed by atoms with Crippen molar-refractivity contribution in [3.63, 3.8) is 0 Å². The topological polar surface area (TPSA) is 27.4 Å². The highest BCUT2D eigenvalue weighted by atomic mass is 32.2. The van der Waals surface area contributed by atoms with Crippen molar-refractivity contribution in [2.24, 2.45) is 0 Å². The maximum absolute atomic E-state index is 9.26. The van der Waals surface area contributed by atoms with E-state index in [9.17, 15) is 5.11 Å². The Bertz CT molecular complexity index is 1080. The van der Waals surface area contributed by atoms with E-state index in [0.29, 0.717) is 6.54 Å². The van der Waals surface area contributed by atoms with Crippen molar-refractivity contribution in [1.82, 2.24) is 0 Å². The minimum atomic E-state index is 0.136. The van der Waals surface area contributed by atoms with Gasteiger partial charge >= 0.3 is 0 Å². The van der Waals surface area contributed by atoms with E-state index < -0.39 is 0 Å². The first kappa shape index (κ1) is 18.5. The summed E-state index contributed by atoms with van der Waals surface area (Å²) in [5, 5.41) is 11.7. The molecule has 0 aliphatic carbocycles. The number of thioether (sulfide) groups is 1. The molecule has 4 heteroatoms. The highest BCUT2D eigenvalue weighted by Crippen LogP contribution is 2.44. The summed E-state index contributed by atoms with van der Waals surface area (Å²) >= 11 is 1.80. The molecule has 1 aromatic heterocycles. The summed E-state index contributed by atoms with van der Waals surface area (Å²) in [7, 11) is 2.10. The molecule has 0 bridgehead atoms. The average Bonchev–Trinajstić information content (AvgIpc) is 3.05. The van der Waals surface area contributed by atoms with Crippen molar-refractivity contribution < 1.29 is 9.67 Å². The molecule has 0 saturated carbocycles. The first-order valence-electron chi connectivity index (χ1n) is 9.35. The van der Waals surface area contributed by atoms with Gasteiger partial charge in [-0.25, -0.2) is 0 Å². The van der Waals surface area contributed by atoms with Gasteiger partial charge in [-0.05, 0) is 29.8 Å². The van der Waals surface area contributed by atoms with Crippen LogP contribution < -0.4 is 9.47 Å². The molecule has 0 amide bonds. The van der Waals surface area contributed by atoms with Crippen molar-refractivity contribution in [2.75, 3.05) is 18.6 Å². The van der Waals surface area contributed by atoms with Crippen LogP contribution in [-0.4, -0.2) is 18.8 Å². The lowest BCUT2D eigenvalue weighted by molar-refractivity contribution is -0.672. The number of hydrogen-bond acceptors (Lipinski definition) is 3. The van der Waals surface area contributed by atoms with Crippen LogP contribution in [0.2, 0.25) is 0 Å². The number of aromatic nitrogens is 1. The third-order valence-electron chi connectivity index (χ3n) is 4.81. The van der Waals surface area contributed by atoms with E-state index in [1.54, 1.807) is 11.8 Å². The second kappa shape index (κ2) is 8.46. The maximum atomic E-state index is 9.26. The second-order valence-corrected chi connectivity index (χ2v) is 7.65. The predicted molar refractivity (Wildman–Crippen MR) is 118 cm³/mol. The summed E-state index contributed by atoms with van der Waals surface area (Å²) in [6, 6.07) is 18.8. The third kappa shape index (κ3) is 3.75. The summed E-state index contributed by atoms with van der Waals surface area (Å²) in [6.45, 7) is 0.739. The van der Waals surface area contributed by atoms with Crippen molar-refractivity contribution in [3.05, 3.63) is 95.7 Å².